The van der Waals surface area contributed by atoms with Crippen molar-refractivity contribution in [2.45, 2.75) is 51.0 Å². The number of fused-ring (bicyclic) bond motifs is 1. The number of halogens is 1. The molecule has 0 saturated heterocycles. The number of nitrogens with one attached hydrogen (secondary N) is 2. The normalized spacial score (nSPS) is 15.8. The van der Waals surface area contributed by atoms with Crippen molar-refractivity contribution in [1.29, 1.82) is 0 Å². The van der Waals surface area contributed by atoms with E-state index in [1.807, 2.05) is 6.07 Å². The van der Waals surface area contributed by atoms with Crippen LogP contribution in [0, 0.1) is 0 Å². The van der Waals surface area contributed by atoms with E-state index in [0.29, 0.717) is 17.3 Å². The highest BCUT2D eigenvalue weighted by molar-refractivity contribution is 6.31. The first-order chi connectivity index (χ1) is 13.6. The zero-order valence-electron chi connectivity index (χ0n) is 16.0. The molecule has 1 aromatic heterocycles. The van der Waals surface area contributed by atoms with Gasteiger partial charge in [0.2, 0.25) is 5.91 Å². The number of aliphatic hydroxyl groups is 1. The Kier molecular flexibility index (Phi) is 7.34. The molecule has 1 saturated carbocycles. The van der Waals surface area contributed by atoms with Gasteiger partial charge in [-0.15, -0.1) is 0 Å². The Morgan fingerprint density at radius 2 is 1.86 bits per heavy atom. The van der Waals surface area contributed by atoms with Gasteiger partial charge >= 0.3 is 0 Å². The van der Waals surface area contributed by atoms with Crippen LogP contribution in [0.4, 0.5) is 0 Å². The van der Waals surface area contributed by atoms with Gasteiger partial charge in [-0.3, -0.25) is 9.59 Å². The van der Waals surface area contributed by atoms with Crippen LogP contribution in [0.3, 0.4) is 0 Å². The number of carbonyl (C=O) groups is 2. The first-order valence-corrected chi connectivity index (χ1v) is 10.4. The van der Waals surface area contributed by atoms with Crippen molar-refractivity contribution in [3.63, 3.8) is 0 Å². The average Bonchev–Trinajstić information content (AvgIpc) is 3.07. The van der Waals surface area contributed by atoms with E-state index in [9.17, 15) is 14.7 Å². The molecule has 3 N–H and O–H groups in total. The Hall–Kier alpha value is -2.05. The van der Waals surface area contributed by atoms with Crippen molar-refractivity contribution in [2.24, 2.45) is 0 Å². The molecule has 1 aromatic carbocycles. The summed E-state index contributed by atoms with van der Waals surface area (Å²) in [5.41, 5.74) is 1.21. The third kappa shape index (κ3) is 5.26. The van der Waals surface area contributed by atoms with Gasteiger partial charge in [0, 0.05) is 28.5 Å². The summed E-state index contributed by atoms with van der Waals surface area (Å²) >= 11 is 5.99. The lowest BCUT2D eigenvalue weighted by Gasteiger charge is -2.32. The van der Waals surface area contributed by atoms with Crippen molar-refractivity contribution < 1.29 is 14.7 Å². The summed E-state index contributed by atoms with van der Waals surface area (Å²) in [6, 6.07) is 7.23. The van der Waals surface area contributed by atoms with Crippen molar-refractivity contribution in [3.05, 3.63) is 35.0 Å². The zero-order valence-corrected chi connectivity index (χ0v) is 16.8. The van der Waals surface area contributed by atoms with Crippen LogP contribution >= 0.6 is 11.6 Å². The fourth-order valence-electron chi connectivity index (χ4n) is 3.94. The van der Waals surface area contributed by atoms with Crippen LogP contribution < -0.4 is 5.32 Å². The summed E-state index contributed by atoms with van der Waals surface area (Å²) in [6.45, 7) is 0.161. The van der Waals surface area contributed by atoms with Gasteiger partial charge in [0.15, 0.2) is 0 Å². The topological polar surface area (TPSA) is 85.4 Å². The van der Waals surface area contributed by atoms with Gasteiger partial charge in [-0.1, -0.05) is 43.7 Å². The Balaban J connectivity index is 1.61. The molecule has 0 bridgehead atoms. The number of aromatic amines is 1. The summed E-state index contributed by atoms with van der Waals surface area (Å²) < 4.78 is 0. The Morgan fingerprint density at radius 3 is 2.57 bits per heavy atom. The Labute approximate surface area is 170 Å². The summed E-state index contributed by atoms with van der Waals surface area (Å²) in [5, 5.41) is 13.6. The minimum absolute atomic E-state index is 0.0705. The van der Waals surface area contributed by atoms with Crippen molar-refractivity contribution >= 4 is 34.3 Å². The minimum Gasteiger partial charge on any atom is -0.395 e. The summed E-state index contributed by atoms with van der Waals surface area (Å²) in [5.74, 6) is -0.477. The van der Waals surface area contributed by atoms with Crippen LogP contribution in [0.25, 0.3) is 10.9 Å². The molecule has 0 unspecified atom stereocenters. The number of hydrogen-bond acceptors (Lipinski definition) is 3. The summed E-state index contributed by atoms with van der Waals surface area (Å²) in [6.07, 6.45) is 7.77. The van der Waals surface area contributed by atoms with E-state index < -0.39 is 0 Å². The Bertz CT molecular complexity index is 812. The van der Waals surface area contributed by atoms with Crippen LogP contribution in [0.15, 0.2) is 24.3 Å². The average molecular weight is 406 g/mol. The first kappa shape index (κ1) is 20.7. The van der Waals surface area contributed by atoms with E-state index in [-0.39, 0.29) is 31.0 Å². The molecule has 6 nitrogen and oxygen atoms in total. The number of H-pyrrole nitrogens is 1. The van der Waals surface area contributed by atoms with Crippen LogP contribution in [0.5, 0.6) is 0 Å². The molecule has 0 aliphatic heterocycles. The molecule has 28 heavy (non-hydrogen) atoms. The van der Waals surface area contributed by atoms with Gasteiger partial charge in [-0.25, -0.2) is 0 Å². The Morgan fingerprint density at radius 1 is 1.14 bits per heavy atom. The van der Waals surface area contributed by atoms with Crippen LogP contribution in [0.2, 0.25) is 5.02 Å². The third-order valence-electron chi connectivity index (χ3n) is 5.40. The number of benzene rings is 1. The molecule has 0 spiro atoms. The van der Waals surface area contributed by atoms with Crippen molar-refractivity contribution in [3.8, 4) is 0 Å². The van der Waals surface area contributed by atoms with Gasteiger partial charge in [0.1, 0.15) is 5.69 Å². The largest absolute Gasteiger partial charge is 0.395 e. The van der Waals surface area contributed by atoms with Crippen LogP contribution in [0.1, 0.15) is 55.4 Å². The number of carbonyl (C=O) groups excluding carboxylic acids is 2. The van der Waals surface area contributed by atoms with Crippen LogP contribution in [-0.4, -0.2) is 52.5 Å². The molecule has 3 rings (SSSR count). The standard InChI is InChI=1S/C21H28ClN3O3/c22-16-8-9-18-15(12-16)13-19(24-18)21(28)23-14-20(27)25(10-11-26)17-6-4-2-1-3-5-7-17/h8-9,12-13,17,24,26H,1-7,10-11,14H2,(H,23,28). The number of aromatic nitrogens is 1. The maximum atomic E-state index is 12.8. The molecule has 1 heterocycles. The van der Waals surface area contributed by atoms with Gasteiger partial charge in [-0.05, 0) is 37.1 Å². The lowest BCUT2D eigenvalue weighted by atomic mass is 9.95. The molecule has 1 fully saturated rings. The summed E-state index contributed by atoms with van der Waals surface area (Å²) in [7, 11) is 0. The second-order valence-corrected chi connectivity index (χ2v) is 7.84. The lowest BCUT2D eigenvalue weighted by Crippen LogP contribution is -2.47. The van der Waals surface area contributed by atoms with Crippen LogP contribution in [-0.2, 0) is 4.79 Å². The minimum atomic E-state index is -0.331. The predicted molar refractivity (Wildman–Crippen MR) is 111 cm³/mol. The monoisotopic (exact) mass is 405 g/mol. The fourth-order valence-corrected chi connectivity index (χ4v) is 4.12. The van der Waals surface area contributed by atoms with E-state index in [0.717, 1.165) is 36.6 Å². The number of nitrogens with zero attached hydrogens (tertiary/aromatic N) is 1. The van der Waals surface area contributed by atoms with Crippen molar-refractivity contribution in [1.82, 2.24) is 15.2 Å². The maximum absolute atomic E-state index is 12.8. The number of aliphatic hydroxyl groups excluding tert-OH is 1. The highest BCUT2D eigenvalue weighted by Crippen LogP contribution is 2.22. The predicted octanol–water partition coefficient (Wildman–Crippen LogP) is 3.48. The third-order valence-corrected chi connectivity index (χ3v) is 5.64. The smallest absolute Gasteiger partial charge is 0.268 e. The number of hydrogen-bond donors (Lipinski definition) is 3. The molecule has 1 aliphatic carbocycles. The van der Waals surface area contributed by atoms with Crippen molar-refractivity contribution in [2.75, 3.05) is 19.7 Å². The summed E-state index contributed by atoms with van der Waals surface area (Å²) in [4.78, 5) is 30.0. The molecular weight excluding hydrogens is 378 g/mol. The fraction of sp³-hybridized carbons (Fsp3) is 0.524. The van der Waals surface area contributed by atoms with Gasteiger partial charge in [0.25, 0.3) is 5.91 Å². The van der Waals surface area contributed by atoms with Gasteiger partial charge in [0.05, 0.1) is 13.2 Å². The van der Waals surface area contributed by atoms with E-state index >= 15 is 0 Å². The van der Waals surface area contributed by atoms with Gasteiger partial charge in [-0.2, -0.15) is 0 Å². The van der Waals surface area contributed by atoms with E-state index in [2.05, 4.69) is 10.3 Å². The number of rotatable bonds is 6. The van der Waals surface area contributed by atoms with E-state index in [4.69, 9.17) is 11.6 Å². The lowest BCUT2D eigenvalue weighted by molar-refractivity contribution is -0.133. The van der Waals surface area contributed by atoms with E-state index in [1.54, 1.807) is 23.1 Å². The molecular formula is C21H28ClN3O3. The van der Waals surface area contributed by atoms with Gasteiger partial charge < -0.3 is 20.3 Å². The number of amides is 2. The molecule has 0 radical (unpaired) electrons. The molecule has 1 aliphatic rings. The molecule has 2 aromatic rings. The SMILES string of the molecule is O=C(NCC(=O)N(CCO)C1CCCCCCC1)c1cc2cc(Cl)ccc2[nH]1. The molecule has 0 atom stereocenters. The first-order valence-electron chi connectivity index (χ1n) is 10.1. The molecule has 2 amide bonds. The van der Waals surface area contributed by atoms with E-state index in [1.165, 1.54) is 19.3 Å². The highest BCUT2D eigenvalue weighted by atomic mass is 35.5. The molecule has 152 valence electrons. The maximum Gasteiger partial charge on any atom is 0.268 e. The second-order valence-electron chi connectivity index (χ2n) is 7.41. The quantitative estimate of drug-likeness (QED) is 0.687. The highest BCUT2D eigenvalue weighted by Gasteiger charge is 2.24. The zero-order chi connectivity index (χ0) is 19.9. The molecule has 7 heteroatoms. The second kappa shape index (κ2) is 9.94.